The molecular formula is C4H8F2OSi. The number of rotatable bonds is 4. The lowest BCUT2D eigenvalue weighted by Crippen LogP contribution is -2.10. The fourth-order valence-corrected chi connectivity index (χ4v) is 0.651. The summed E-state index contributed by atoms with van der Waals surface area (Å²) in [7, 11) is -0.988. The molecule has 0 N–H and O–H groups in total. The molecule has 48 valence electrons. The van der Waals surface area contributed by atoms with Crippen LogP contribution in [0.15, 0.2) is 12.3 Å². The maximum absolute atomic E-state index is 11.7. The third-order valence-electron chi connectivity index (χ3n) is 0.516. The van der Waals surface area contributed by atoms with Crippen molar-refractivity contribution in [1.82, 2.24) is 0 Å². The van der Waals surface area contributed by atoms with Crippen LogP contribution in [0, 0.1) is 0 Å². The Kier molecular flexibility index (Phi) is 4.79. The molecule has 1 unspecified atom stereocenters. The lowest BCUT2D eigenvalue weighted by Gasteiger charge is -2.00. The molecule has 0 aromatic rings. The van der Waals surface area contributed by atoms with Gasteiger partial charge in [-0.25, -0.2) is 8.78 Å². The summed E-state index contributed by atoms with van der Waals surface area (Å²) < 4.78 is 27.2. The van der Waals surface area contributed by atoms with Gasteiger partial charge in [0.15, 0.2) is 9.76 Å². The maximum Gasteiger partial charge on any atom is 0.218 e. The summed E-state index contributed by atoms with van der Waals surface area (Å²) in [5, 5.41) is 0. The monoisotopic (exact) mass is 138 g/mol. The van der Waals surface area contributed by atoms with Crippen LogP contribution in [0.5, 0.6) is 0 Å². The molecule has 0 aromatic heterocycles. The van der Waals surface area contributed by atoms with Gasteiger partial charge in [0.1, 0.15) is 6.67 Å². The predicted octanol–water partition coefficient (Wildman–Crippen LogP) is 0.495. The van der Waals surface area contributed by atoms with Crippen molar-refractivity contribution < 1.29 is 13.2 Å². The molecule has 0 aromatic carbocycles. The van der Waals surface area contributed by atoms with E-state index < -0.39 is 22.8 Å². The highest BCUT2D eigenvalue weighted by Gasteiger charge is 2.00. The molecule has 0 aliphatic carbocycles. The van der Waals surface area contributed by atoms with Crippen LogP contribution >= 0.6 is 0 Å². The molecule has 0 aliphatic heterocycles. The zero-order valence-electron chi connectivity index (χ0n) is 4.44. The van der Waals surface area contributed by atoms with Crippen LogP contribution in [0.1, 0.15) is 0 Å². The summed E-state index contributed by atoms with van der Waals surface area (Å²) in [6.07, 6.45) is -1.72. The molecule has 0 heterocycles. The van der Waals surface area contributed by atoms with E-state index in [0.29, 0.717) is 0 Å². The molecule has 0 fully saturated rings. The van der Waals surface area contributed by atoms with E-state index in [9.17, 15) is 8.78 Å². The van der Waals surface area contributed by atoms with Crippen LogP contribution in [0.2, 0.25) is 0 Å². The van der Waals surface area contributed by atoms with Gasteiger partial charge in [-0.05, 0) is 0 Å². The van der Waals surface area contributed by atoms with E-state index in [1.165, 1.54) is 5.70 Å². The van der Waals surface area contributed by atoms with Crippen molar-refractivity contribution in [2.45, 2.75) is 6.36 Å². The summed E-state index contributed by atoms with van der Waals surface area (Å²) in [6, 6.07) is 0. The van der Waals surface area contributed by atoms with E-state index >= 15 is 0 Å². The van der Waals surface area contributed by atoms with Crippen LogP contribution in [0.4, 0.5) is 8.78 Å². The highest BCUT2D eigenvalue weighted by molar-refractivity contribution is 6.34. The molecule has 0 amide bonds. The van der Waals surface area contributed by atoms with Gasteiger partial charge in [0, 0.05) is 0 Å². The number of hydrogen-bond acceptors (Lipinski definition) is 1. The minimum atomic E-state index is -1.72. The van der Waals surface area contributed by atoms with Gasteiger partial charge >= 0.3 is 0 Å². The van der Waals surface area contributed by atoms with Crippen LogP contribution in [-0.2, 0) is 4.43 Å². The molecule has 1 atom stereocenters. The van der Waals surface area contributed by atoms with Crippen molar-refractivity contribution in [3.63, 3.8) is 0 Å². The average Bonchev–Trinajstić information content (AvgIpc) is 1.83. The summed E-state index contributed by atoms with van der Waals surface area (Å²) in [4.78, 5) is 0. The maximum atomic E-state index is 11.7. The van der Waals surface area contributed by atoms with Crippen LogP contribution in [0.3, 0.4) is 0 Å². The summed E-state index contributed by atoms with van der Waals surface area (Å²) >= 11 is 0. The van der Waals surface area contributed by atoms with Crippen LogP contribution in [0.25, 0.3) is 0 Å². The van der Waals surface area contributed by atoms with Crippen molar-refractivity contribution in [2.24, 2.45) is 0 Å². The van der Waals surface area contributed by atoms with E-state index in [1.54, 1.807) is 0 Å². The third-order valence-corrected chi connectivity index (χ3v) is 1.31. The van der Waals surface area contributed by atoms with E-state index in [2.05, 4.69) is 11.0 Å². The van der Waals surface area contributed by atoms with E-state index in [0.717, 1.165) is 0 Å². The van der Waals surface area contributed by atoms with E-state index in [-0.39, 0.29) is 0 Å². The molecular weight excluding hydrogens is 130 g/mol. The normalized spacial score (nSPS) is 14.8. The number of alkyl halides is 2. The molecule has 0 rings (SSSR count). The Morgan fingerprint density at radius 2 is 2.50 bits per heavy atom. The van der Waals surface area contributed by atoms with Gasteiger partial charge in [0.2, 0.25) is 6.36 Å². The Balaban J connectivity index is 2.97. The van der Waals surface area contributed by atoms with Gasteiger partial charge in [0.05, 0.1) is 0 Å². The van der Waals surface area contributed by atoms with Crippen molar-refractivity contribution >= 4 is 9.76 Å². The standard InChI is InChI=1S/C4H8F2OSi/c1-2-8-7-4(6)3-5/h2,4H,1,3,8H2. The van der Waals surface area contributed by atoms with E-state index in [1.807, 2.05) is 0 Å². The lowest BCUT2D eigenvalue weighted by molar-refractivity contribution is 0.0484. The Bertz CT molecular complexity index is 69.1. The Labute approximate surface area is 49.3 Å². The summed E-state index contributed by atoms with van der Waals surface area (Å²) in [5.41, 5.74) is 1.50. The van der Waals surface area contributed by atoms with Gasteiger partial charge in [-0.1, -0.05) is 5.70 Å². The highest BCUT2D eigenvalue weighted by Crippen LogP contribution is 1.91. The van der Waals surface area contributed by atoms with Crippen molar-refractivity contribution in [2.75, 3.05) is 6.67 Å². The second-order valence-corrected chi connectivity index (χ2v) is 2.43. The van der Waals surface area contributed by atoms with Gasteiger partial charge < -0.3 is 4.43 Å². The molecule has 8 heavy (non-hydrogen) atoms. The fourth-order valence-electron chi connectivity index (χ4n) is 0.217. The first-order chi connectivity index (χ1) is 3.81. The molecule has 0 spiro atoms. The second-order valence-electron chi connectivity index (χ2n) is 1.19. The highest BCUT2D eigenvalue weighted by atomic mass is 28.2. The third kappa shape index (κ3) is 3.95. The number of hydrogen-bond donors (Lipinski definition) is 0. The minimum Gasteiger partial charge on any atom is -0.389 e. The SMILES string of the molecule is C=C[SiH2]OC(F)CF. The Hall–Kier alpha value is -0.223. The molecule has 0 radical (unpaired) electrons. The van der Waals surface area contributed by atoms with Crippen molar-refractivity contribution in [3.8, 4) is 0 Å². The largest absolute Gasteiger partial charge is 0.389 e. The van der Waals surface area contributed by atoms with Gasteiger partial charge in [-0.3, -0.25) is 0 Å². The zero-order valence-corrected chi connectivity index (χ0v) is 5.85. The van der Waals surface area contributed by atoms with E-state index in [4.69, 9.17) is 0 Å². The summed E-state index contributed by atoms with van der Waals surface area (Å²) in [5.74, 6) is 0. The van der Waals surface area contributed by atoms with Crippen LogP contribution in [-0.4, -0.2) is 22.8 Å². The average molecular weight is 138 g/mol. The quantitative estimate of drug-likeness (QED) is 0.514. The molecule has 0 bridgehead atoms. The molecule has 0 saturated heterocycles. The van der Waals surface area contributed by atoms with Crippen molar-refractivity contribution in [1.29, 1.82) is 0 Å². The van der Waals surface area contributed by atoms with Gasteiger partial charge in [-0.15, -0.1) is 6.58 Å². The van der Waals surface area contributed by atoms with Gasteiger partial charge in [0.25, 0.3) is 0 Å². The minimum absolute atomic E-state index is 0.988. The van der Waals surface area contributed by atoms with Crippen LogP contribution < -0.4 is 0 Å². The lowest BCUT2D eigenvalue weighted by atomic mass is 10.8. The summed E-state index contributed by atoms with van der Waals surface area (Å²) in [6.45, 7) is 2.26. The Morgan fingerprint density at radius 1 is 1.88 bits per heavy atom. The molecule has 1 nitrogen and oxygen atoms in total. The predicted molar refractivity (Wildman–Crippen MR) is 30.7 cm³/mol. The first kappa shape index (κ1) is 7.78. The first-order valence-electron chi connectivity index (χ1n) is 2.23. The molecule has 0 saturated carbocycles. The molecule has 4 heteroatoms. The number of halogens is 2. The second kappa shape index (κ2) is 4.92. The smallest absolute Gasteiger partial charge is 0.218 e. The Morgan fingerprint density at radius 3 is 2.88 bits per heavy atom. The van der Waals surface area contributed by atoms with Gasteiger partial charge in [-0.2, -0.15) is 0 Å². The first-order valence-corrected chi connectivity index (χ1v) is 3.63. The topological polar surface area (TPSA) is 9.23 Å². The zero-order chi connectivity index (χ0) is 6.41. The molecule has 0 aliphatic rings. The fraction of sp³-hybridized carbons (Fsp3) is 0.500. The van der Waals surface area contributed by atoms with Crippen molar-refractivity contribution in [3.05, 3.63) is 12.3 Å².